The van der Waals surface area contributed by atoms with Gasteiger partial charge < -0.3 is 10.2 Å². The van der Waals surface area contributed by atoms with Crippen molar-refractivity contribution < 1.29 is 18.0 Å². The van der Waals surface area contributed by atoms with Crippen molar-refractivity contribution in [3.63, 3.8) is 0 Å². The Kier molecular flexibility index (Phi) is 10.2. The number of amides is 2. The molecular formula is C31H37Cl2N3O4S. The molecule has 1 N–H and O–H groups in total. The lowest BCUT2D eigenvalue weighted by Crippen LogP contribution is -2.54. The van der Waals surface area contributed by atoms with Gasteiger partial charge in [-0.15, -0.1) is 0 Å². The van der Waals surface area contributed by atoms with E-state index in [-0.39, 0.29) is 17.3 Å². The van der Waals surface area contributed by atoms with Gasteiger partial charge in [-0.3, -0.25) is 13.9 Å². The molecule has 0 aliphatic carbocycles. The van der Waals surface area contributed by atoms with E-state index in [2.05, 4.69) is 5.32 Å². The van der Waals surface area contributed by atoms with Crippen LogP contribution in [0.1, 0.15) is 49.9 Å². The van der Waals surface area contributed by atoms with Crippen molar-refractivity contribution in [3.8, 4) is 0 Å². The summed E-state index contributed by atoms with van der Waals surface area (Å²) in [6, 6.07) is 15.8. The molecule has 0 aromatic heterocycles. The predicted molar refractivity (Wildman–Crippen MR) is 166 cm³/mol. The first-order valence-corrected chi connectivity index (χ1v) is 15.4. The van der Waals surface area contributed by atoms with Crippen LogP contribution < -0.4 is 9.62 Å². The lowest BCUT2D eigenvalue weighted by Gasteiger charge is -2.34. The molecule has 3 rings (SSSR count). The fourth-order valence-corrected chi connectivity index (χ4v) is 6.04. The molecule has 41 heavy (non-hydrogen) atoms. The summed E-state index contributed by atoms with van der Waals surface area (Å²) >= 11 is 12.3. The first kappa shape index (κ1) is 32.4. The molecule has 0 aliphatic rings. The highest BCUT2D eigenvalue weighted by atomic mass is 35.5. The van der Waals surface area contributed by atoms with E-state index >= 15 is 0 Å². The topological polar surface area (TPSA) is 86.8 Å². The maximum absolute atomic E-state index is 14.1. The molecule has 0 radical (unpaired) electrons. The van der Waals surface area contributed by atoms with Crippen molar-refractivity contribution in [2.24, 2.45) is 0 Å². The minimum Gasteiger partial charge on any atom is -0.350 e. The van der Waals surface area contributed by atoms with Gasteiger partial charge in [-0.2, -0.15) is 0 Å². The summed E-state index contributed by atoms with van der Waals surface area (Å²) in [6.45, 7) is 12.2. The average molecular weight is 619 g/mol. The van der Waals surface area contributed by atoms with Gasteiger partial charge in [0.15, 0.2) is 0 Å². The van der Waals surface area contributed by atoms with Gasteiger partial charge in [0.05, 0.1) is 20.6 Å². The highest BCUT2D eigenvalue weighted by Gasteiger charge is 2.34. The van der Waals surface area contributed by atoms with Crippen molar-refractivity contribution in [2.75, 3.05) is 10.8 Å². The molecule has 0 aliphatic heterocycles. The maximum atomic E-state index is 14.1. The molecule has 0 saturated heterocycles. The number of hydrogen-bond acceptors (Lipinski definition) is 4. The largest absolute Gasteiger partial charge is 0.350 e. The second kappa shape index (κ2) is 12.8. The molecule has 3 aromatic rings. The van der Waals surface area contributed by atoms with Crippen LogP contribution in [-0.2, 0) is 26.2 Å². The number of nitrogens with one attached hydrogen (secondary N) is 1. The van der Waals surface area contributed by atoms with E-state index in [1.165, 1.54) is 17.0 Å². The lowest BCUT2D eigenvalue weighted by atomic mass is 10.1. The molecule has 1 atom stereocenters. The standard InChI is InChI=1S/C31H37Cl2N3O4S/c1-20-11-14-25(15-12-20)41(39,40)36(28-10-8-9-21(2)22(28)3)19-29(37)35(23(4)30(38)34-31(5,6)7)18-24-13-16-26(32)27(33)17-24/h8-17,23H,18-19H2,1-7H3,(H,34,38)/t23-/m0/s1. The molecule has 0 bridgehead atoms. The Bertz CT molecular complexity index is 1530. The zero-order valence-corrected chi connectivity index (χ0v) is 26.8. The fraction of sp³-hybridized carbons (Fsp3) is 0.355. The van der Waals surface area contributed by atoms with Crippen LogP contribution in [0.2, 0.25) is 10.0 Å². The lowest BCUT2D eigenvalue weighted by molar-refractivity contribution is -0.140. The van der Waals surface area contributed by atoms with Crippen LogP contribution >= 0.6 is 23.2 Å². The molecule has 220 valence electrons. The number of carbonyl (C=O) groups is 2. The summed E-state index contributed by atoms with van der Waals surface area (Å²) in [5.74, 6) is -0.921. The Morgan fingerprint density at radius 3 is 2.15 bits per heavy atom. The normalized spacial score (nSPS) is 12.5. The highest BCUT2D eigenvalue weighted by Crippen LogP contribution is 2.30. The molecule has 0 unspecified atom stereocenters. The van der Waals surface area contributed by atoms with Crippen molar-refractivity contribution in [3.05, 3.63) is 93.0 Å². The quantitative estimate of drug-likeness (QED) is 0.299. The van der Waals surface area contributed by atoms with E-state index in [1.54, 1.807) is 49.4 Å². The number of benzene rings is 3. The Balaban J connectivity index is 2.10. The predicted octanol–water partition coefficient (Wildman–Crippen LogP) is 6.45. The number of hydrogen-bond donors (Lipinski definition) is 1. The molecule has 2 amide bonds. The number of halogens is 2. The second-order valence-electron chi connectivity index (χ2n) is 11.2. The fourth-order valence-electron chi connectivity index (χ4n) is 4.25. The van der Waals surface area contributed by atoms with Crippen molar-refractivity contribution in [1.29, 1.82) is 0 Å². The first-order valence-electron chi connectivity index (χ1n) is 13.2. The van der Waals surface area contributed by atoms with Gasteiger partial charge in [0.1, 0.15) is 12.6 Å². The summed E-state index contributed by atoms with van der Waals surface area (Å²) in [7, 11) is -4.15. The third-order valence-corrected chi connectivity index (χ3v) is 9.25. The van der Waals surface area contributed by atoms with E-state index in [0.29, 0.717) is 21.3 Å². The monoisotopic (exact) mass is 617 g/mol. The number of rotatable bonds is 9. The van der Waals surface area contributed by atoms with E-state index < -0.39 is 34.1 Å². The van der Waals surface area contributed by atoms with Gasteiger partial charge in [0, 0.05) is 12.1 Å². The van der Waals surface area contributed by atoms with Crippen LogP contribution in [-0.4, -0.2) is 43.3 Å². The zero-order valence-electron chi connectivity index (χ0n) is 24.5. The van der Waals surface area contributed by atoms with Crippen LogP contribution in [0.5, 0.6) is 0 Å². The van der Waals surface area contributed by atoms with Gasteiger partial charge in [0.2, 0.25) is 11.8 Å². The average Bonchev–Trinajstić information content (AvgIpc) is 2.88. The van der Waals surface area contributed by atoms with E-state index in [0.717, 1.165) is 21.0 Å². The van der Waals surface area contributed by atoms with Gasteiger partial charge in [-0.05, 0) is 95.5 Å². The zero-order chi connectivity index (χ0) is 30.7. The van der Waals surface area contributed by atoms with Crippen molar-refractivity contribution in [1.82, 2.24) is 10.2 Å². The van der Waals surface area contributed by atoms with Crippen LogP contribution in [0.15, 0.2) is 65.6 Å². The molecule has 0 fully saturated rings. The minimum absolute atomic E-state index is 0.0136. The summed E-state index contributed by atoms with van der Waals surface area (Å²) in [5, 5.41) is 3.58. The number of anilines is 1. The number of carbonyl (C=O) groups excluding carboxylic acids is 2. The van der Waals surface area contributed by atoms with Crippen molar-refractivity contribution in [2.45, 2.75) is 71.5 Å². The summed E-state index contributed by atoms with van der Waals surface area (Å²) in [5.41, 5.74) is 3.01. The van der Waals surface area contributed by atoms with Crippen LogP contribution in [0, 0.1) is 20.8 Å². The number of sulfonamides is 1. The van der Waals surface area contributed by atoms with E-state index in [1.807, 2.05) is 47.6 Å². The third kappa shape index (κ3) is 8.03. The molecule has 10 heteroatoms. The third-order valence-electron chi connectivity index (χ3n) is 6.74. The van der Waals surface area contributed by atoms with Gasteiger partial charge >= 0.3 is 0 Å². The van der Waals surface area contributed by atoms with Gasteiger partial charge in [-0.1, -0.05) is 59.1 Å². The highest BCUT2D eigenvalue weighted by molar-refractivity contribution is 7.92. The van der Waals surface area contributed by atoms with Crippen LogP contribution in [0.3, 0.4) is 0 Å². The molecular weight excluding hydrogens is 581 g/mol. The second-order valence-corrected chi connectivity index (χ2v) is 13.9. The Hall–Kier alpha value is -3.07. The molecule has 0 spiro atoms. The molecule has 0 heterocycles. The summed E-state index contributed by atoms with van der Waals surface area (Å²) in [6.07, 6.45) is 0. The van der Waals surface area contributed by atoms with E-state index in [9.17, 15) is 18.0 Å². The number of aryl methyl sites for hydroxylation is 2. The smallest absolute Gasteiger partial charge is 0.264 e. The Morgan fingerprint density at radius 1 is 0.927 bits per heavy atom. The molecule has 7 nitrogen and oxygen atoms in total. The SMILES string of the molecule is Cc1ccc(S(=O)(=O)N(CC(=O)N(Cc2ccc(Cl)c(Cl)c2)[C@@H](C)C(=O)NC(C)(C)C)c2cccc(C)c2C)cc1. The maximum Gasteiger partial charge on any atom is 0.264 e. The van der Waals surface area contributed by atoms with Crippen LogP contribution in [0.25, 0.3) is 0 Å². The number of nitrogens with zero attached hydrogens (tertiary/aromatic N) is 2. The van der Waals surface area contributed by atoms with E-state index in [4.69, 9.17) is 23.2 Å². The molecule has 3 aromatic carbocycles. The van der Waals surface area contributed by atoms with Crippen LogP contribution in [0.4, 0.5) is 5.69 Å². The summed E-state index contributed by atoms with van der Waals surface area (Å²) in [4.78, 5) is 28.8. The Morgan fingerprint density at radius 2 is 1.56 bits per heavy atom. The van der Waals surface area contributed by atoms with Gasteiger partial charge in [0.25, 0.3) is 10.0 Å². The van der Waals surface area contributed by atoms with Gasteiger partial charge in [-0.25, -0.2) is 8.42 Å². The van der Waals surface area contributed by atoms with Crippen molar-refractivity contribution >= 4 is 50.7 Å². The Labute approximate surface area is 253 Å². The first-order chi connectivity index (χ1) is 19.0. The molecule has 0 saturated carbocycles. The minimum atomic E-state index is -4.15. The summed E-state index contributed by atoms with van der Waals surface area (Å²) < 4.78 is 29.2.